The summed E-state index contributed by atoms with van der Waals surface area (Å²) in [6.45, 7) is 2.57. The highest BCUT2D eigenvalue weighted by molar-refractivity contribution is 5.82. The number of anilines is 2. The highest BCUT2D eigenvalue weighted by Gasteiger charge is 2.41. The van der Waals surface area contributed by atoms with Gasteiger partial charge in [-0.25, -0.2) is 4.39 Å². The van der Waals surface area contributed by atoms with Gasteiger partial charge >= 0.3 is 0 Å². The first-order valence-corrected chi connectivity index (χ1v) is 12.4. The highest BCUT2D eigenvalue weighted by Crippen LogP contribution is 2.37. The fourth-order valence-electron chi connectivity index (χ4n) is 5.48. The fourth-order valence-corrected chi connectivity index (χ4v) is 5.48. The van der Waals surface area contributed by atoms with Crippen molar-refractivity contribution in [1.82, 2.24) is 5.32 Å². The topological polar surface area (TPSA) is 54.0 Å². The maximum absolute atomic E-state index is 14.6. The van der Waals surface area contributed by atoms with E-state index in [4.69, 9.17) is 9.47 Å². The third kappa shape index (κ3) is 4.70. The summed E-state index contributed by atoms with van der Waals surface area (Å²) in [6, 6.07) is 21.0. The van der Waals surface area contributed by atoms with Crippen molar-refractivity contribution in [3.63, 3.8) is 0 Å². The van der Waals surface area contributed by atoms with E-state index in [2.05, 4.69) is 27.2 Å². The molecule has 0 bridgehead atoms. The summed E-state index contributed by atoms with van der Waals surface area (Å²) in [4.78, 5) is 17.9. The molecular weight excluding hydrogens is 457 g/mol. The van der Waals surface area contributed by atoms with Crippen molar-refractivity contribution in [1.29, 1.82) is 0 Å². The van der Waals surface area contributed by atoms with Crippen LogP contribution in [-0.4, -0.2) is 52.3 Å². The van der Waals surface area contributed by atoms with Crippen LogP contribution >= 0.6 is 0 Å². The smallest absolute Gasteiger partial charge is 0.225 e. The summed E-state index contributed by atoms with van der Waals surface area (Å²) in [5.41, 5.74) is 4.04. The minimum atomic E-state index is -0.224. The number of halogens is 1. The molecule has 2 heterocycles. The second kappa shape index (κ2) is 10.5. The van der Waals surface area contributed by atoms with Gasteiger partial charge in [0.2, 0.25) is 5.91 Å². The number of hydrogen-bond donors (Lipinski definition) is 1. The predicted molar refractivity (Wildman–Crippen MR) is 140 cm³/mol. The van der Waals surface area contributed by atoms with Crippen LogP contribution in [0.3, 0.4) is 0 Å². The Bertz CT molecular complexity index is 1230. The molecular formula is C29H32FN3O3. The number of benzene rings is 3. The van der Waals surface area contributed by atoms with Crippen molar-refractivity contribution >= 4 is 17.3 Å². The average Bonchev–Trinajstić information content (AvgIpc) is 2.92. The third-order valence-corrected chi connectivity index (χ3v) is 7.31. The van der Waals surface area contributed by atoms with Crippen LogP contribution in [0.15, 0.2) is 66.7 Å². The number of ether oxygens (including phenoxy) is 2. The Morgan fingerprint density at radius 2 is 1.72 bits per heavy atom. The molecule has 2 atom stereocenters. The molecule has 5 rings (SSSR count). The first-order valence-electron chi connectivity index (χ1n) is 12.4. The zero-order valence-corrected chi connectivity index (χ0v) is 20.7. The molecule has 3 aromatic rings. The Hall–Kier alpha value is -3.74. The van der Waals surface area contributed by atoms with Gasteiger partial charge in [0.05, 0.1) is 31.9 Å². The van der Waals surface area contributed by atoms with Gasteiger partial charge in [0.15, 0.2) is 11.5 Å². The summed E-state index contributed by atoms with van der Waals surface area (Å²) >= 11 is 0. The fraction of sp³-hybridized carbons (Fsp3) is 0.345. The molecule has 7 heteroatoms. The molecule has 1 saturated heterocycles. The van der Waals surface area contributed by atoms with Gasteiger partial charge in [-0.15, -0.1) is 0 Å². The maximum atomic E-state index is 14.6. The van der Waals surface area contributed by atoms with Crippen molar-refractivity contribution < 1.29 is 18.7 Å². The van der Waals surface area contributed by atoms with E-state index in [1.165, 1.54) is 17.3 Å². The molecule has 2 aliphatic heterocycles. The molecule has 0 aliphatic carbocycles. The van der Waals surface area contributed by atoms with E-state index in [9.17, 15) is 9.18 Å². The normalized spacial score (nSPS) is 18.8. The van der Waals surface area contributed by atoms with E-state index in [1.807, 2.05) is 42.5 Å². The van der Waals surface area contributed by atoms with Crippen molar-refractivity contribution in [2.24, 2.45) is 5.92 Å². The number of nitrogens with one attached hydrogen (secondary N) is 1. The first kappa shape index (κ1) is 24.0. The van der Waals surface area contributed by atoms with Crippen molar-refractivity contribution in [3.05, 3.63) is 83.7 Å². The number of amides is 1. The molecule has 0 saturated carbocycles. The Kier molecular flexibility index (Phi) is 6.98. The van der Waals surface area contributed by atoms with Crippen LogP contribution in [0.1, 0.15) is 11.1 Å². The van der Waals surface area contributed by atoms with Crippen LogP contribution in [0, 0.1) is 11.7 Å². The summed E-state index contributed by atoms with van der Waals surface area (Å²) in [7, 11) is 3.23. The van der Waals surface area contributed by atoms with Crippen LogP contribution in [0.5, 0.6) is 11.5 Å². The van der Waals surface area contributed by atoms with E-state index in [-0.39, 0.29) is 23.7 Å². The molecule has 0 aromatic heterocycles. The summed E-state index contributed by atoms with van der Waals surface area (Å²) < 4.78 is 25.3. The van der Waals surface area contributed by atoms with Gasteiger partial charge in [0.1, 0.15) is 5.82 Å². The van der Waals surface area contributed by atoms with E-state index in [0.717, 1.165) is 12.1 Å². The Labute approximate surface area is 211 Å². The number of carbonyl (C=O) groups is 1. The van der Waals surface area contributed by atoms with Crippen LogP contribution in [0.25, 0.3) is 0 Å². The van der Waals surface area contributed by atoms with Crippen LogP contribution in [-0.2, 0) is 17.6 Å². The molecule has 1 fully saturated rings. The number of para-hydroxylation sites is 2. The molecule has 3 aromatic carbocycles. The second-order valence-corrected chi connectivity index (χ2v) is 9.33. The standard InChI is InChI=1S/C29H32FN3O3/c1-35-27-12-11-20(17-28(27)36-2)13-14-31-29(34)22-18-21-7-3-5-9-24(21)33-16-15-32(19-26(22)33)25-10-6-4-8-23(25)30/h3-12,17,22,26H,13-16,18-19H2,1-2H3,(H,31,34). The Morgan fingerprint density at radius 3 is 2.50 bits per heavy atom. The summed E-state index contributed by atoms with van der Waals surface area (Å²) in [6.07, 6.45) is 1.36. The summed E-state index contributed by atoms with van der Waals surface area (Å²) in [5, 5.41) is 3.17. The van der Waals surface area contributed by atoms with Crippen LogP contribution in [0.2, 0.25) is 0 Å². The lowest BCUT2D eigenvalue weighted by atomic mass is 9.83. The van der Waals surface area contributed by atoms with Gasteiger partial charge in [0.25, 0.3) is 0 Å². The molecule has 36 heavy (non-hydrogen) atoms. The average molecular weight is 490 g/mol. The van der Waals surface area contributed by atoms with Gasteiger partial charge in [-0.05, 0) is 54.3 Å². The van der Waals surface area contributed by atoms with Crippen LogP contribution < -0.4 is 24.6 Å². The number of piperazine rings is 1. The zero-order chi connectivity index (χ0) is 25.1. The van der Waals surface area contributed by atoms with Crippen LogP contribution in [0.4, 0.5) is 15.8 Å². The van der Waals surface area contributed by atoms with E-state index < -0.39 is 0 Å². The molecule has 2 aliphatic rings. The quantitative estimate of drug-likeness (QED) is 0.542. The minimum Gasteiger partial charge on any atom is -0.493 e. The van der Waals surface area contributed by atoms with Gasteiger partial charge in [-0.1, -0.05) is 36.4 Å². The number of carbonyl (C=O) groups excluding carboxylic acids is 1. The largest absolute Gasteiger partial charge is 0.493 e. The number of methoxy groups -OCH3 is 2. The lowest BCUT2D eigenvalue weighted by Gasteiger charge is -2.49. The highest BCUT2D eigenvalue weighted by atomic mass is 19.1. The van der Waals surface area contributed by atoms with E-state index in [1.54, 1.807) is 20.3 Å². The van der Waals surface area contributed by atoms with Gasteiger partial charge in [0, 0.05) is 31.9 Å². The first-order chi connectivity index (χ1) is 17.6. The van der Waals surface area contributed by atoms with Gasteiger partial charge in [-0.3, -0.25) is 4.79 Å². The number of rotatable bonds is 7. The lowest BCUT2D eigenvalue weighted by Crippen LogP contribution is -2.61. The molecule has 0 radical (unpaired) electrons. The molecule has 1 amide bonds. The Balaban J connectivity index is 1.32. The molecule has 0 spiro atoms. The van der Waals surface area contributed by atoms with Crippen molar-refractivity contribution in [3.8, 4) is 11.5 Å². The molecule has 2 unspecified atom stereocenters. The van der Waals surface area contributed by atoms with Crippen molar-refractivity contribution in [2.45, 2.75) is 18.9 Å². The number of hydrogen-bond acceptors (Lipinski definition) is 5. The molecule has 188 valence electrons. The van der Waals surface area contributed by atoms with Crippen molar-refractivity contribution in [2.75, 3.05) is 50.2 Å². The monoisotopic (exact) mass is 489 g/mol. The van der Waals surface area contributed by atoms with Gasteiger partial charge < -0.3 is 24.6 Å². The zero-order valence-electron chi connectivity index (χ0n) is 20.7. The number of fused-ring (bicyclic) bond motifs is 3. The number of nitrogens with zero attached hydrogens (tertiary/aromatic N) is 2. The predicted octanol–water partition coefficient (Wildman–Crippen LogP) is 4.07. The summed E-state index contributed by atoms with van der Waals surface area (Å²) in [5.74, 6) is 0.951. The van der Waals surface area contributed by atoms with Gasteiger partial charge in [-0.2, -0.15) is 0 Å². The molecule has 6 nitrogen and oxygen atoms in total. The minimum absolute atomic E-state index is 0.0330. The lowest BCUT2D eigenvalue weighted by molar-refractivity contribution is -0.125. The molecule has 1 N–H and O–H groups in total. The third-order valence-electron chi connectivity index (χ3n) is 7.31. The van der Waals surface area contributed by atoms with E-state index >= 15 is 0 Å². The van der Waals surface area contributed by atoms with E-state index in [0.29, 0.717) is 49.7 Å². The maximum Gasteiger partial charge on any atom is 0.225 e. The second-order valence-electron chi connectivity index (χ2n) is 9.33. The SMILES string of the molecule is COc1ccc(CCNC(=O)C2Cc3ccccc3N3CCN(c4ccccc4F)CC23)cc1OC. The Morgan fingerprint density at radius 1 is 0.972 bits per heavy atom.